The van der Waals surface area contributed by atoms with Gasteiger partial charge in [-0.05, 0) is 29.2 Å². The van der Waals surface area contributed by atoms with Gasteiger partial charge in [-0.25, -0.2) is 0 Å². The molecule has 0 radical (unpaired) electrons. The largest absolute Gasteiger partial charge is 0.396 e. The summed E-state index contributed by atoms with van der Waals surface area (Å²) in [5.74, 6) is -0.162. The molecule has 1 aromatic heterocycles. The molecule has 5 heteroatoms. The number of carbonyl (C=O) groups is 1. The number of benzene rings is 1. The number of likely N-dealkylation sites (tertiary alicyclic amines) is 1. The molecule has 24 heavy (non-hydrogen) atoms. The van der Waals surface area contributed by atoms with Crippen LogP contribution in [0, 0.1) is 11.8 Å². The number of hydrogen-bond acceptors (Lipinski definition) is 3. The third-order valence-corrected chi connectivity index (χ3v) is 5.05. The average Bonchev–Trinajstić information content (AvgIpc) is 3.15. The molecule has 1 aliphatic rings. The van der Waals surface area contributed by atoms with Gasteiger partial charge in [0, 0.05) is 49.0 Å². The second-order valence-electron chi connectivity index (χ2n) is 7.83. The highest BCUT2D eigenvalue weighted by molar-refractivity contribution is 5.98. The highest BCUT2D eigenvalue weighted by Crippen LogP contribution is 2.28. The van der Waals surface area contributed by atoms with Crippen LogP contribution >= 0.6 is 0 Å². The van der Waals surface area contributed by atoms with Gasteiger partial charge in [0.1, 0.15) is 5.69 Å². The van der Waals surface area contributed by atoms with Crippen molar-refractivity contribution in [2.75, 3.05) is 26.3 Å². The van der Waals surface area contributed by atoms with Crippen molar-refractivity contribution in [1.29, 1.82) is 0 Å². The van der Waals surface area contributed by atoms with Gasteiger partial charge < -0.3 is 20.1 Å². The first-order valence-electron chi connectivity index (χ1n) is 8.47. The lowest BCUT2D eigenvalue weighted by molar-refractivity contribution is 0.0773. The molecule has 0 bridgehead atoms. The summed E-state index contributed by atoms with van der Waals surface area (Å²) < 4.78 is 0. The lowest BCUT2D eigenvalue weighted by Gasteiger charge is -2.18. The minimum atomic E-state index is -0.0714. The Morgan fingerprint density at radius 3 is 2.33 bits per heavy atom. The van der Waals surface area contributed by atoms with E-state index in [4.69, 9.17) is 0 Å². The third-order valence-electron chi connectivity index (χ3n) is 5.05. The monoisotopic (exact) mass is 330 g/mol. The molecule has 0 spiro atoms. The van der Waals surface area contributed by atoms with Crippen LogP contribution in [0.3, 0.4) is 0 Å². The van der Waals surface area contributed by atoms with E-state index in [-0.39, 0.29) is 36.4 Å². The Labute approximate surface area is 142 Å². The Morgan fingerprint density at radius 2 is 1.79 bits per heavy atom. The maximum Gasteiger partial charge on any atom is 0.270 e. The summed E-state index contributed by atoms with van der Waals surface area (Å²) in [6, 6.07) is 8.13. The van der Waals surface area contributed by atoms with Gasteiger partial charge in [-0.3, -0.25) is 4.79 Å². The van der Waals surface area contributed by atoms with E-state index < -0.39 is 0 Å². The van der Waals surface area contributed by atoms with Crippen LogP contribution in [0.1, 0.15) is 36.8 Å². The molecule has 1 aromatic carbocycles. The predicted molar refractivity (Wildman–Crippen MR) is 94.1 cm³/mol. The molecule has 1 saturated heterocycles. The molecule has 2 heterocycles. The van der Waals surface area contributed by atoms with Crippen molar-refractivity contribution in [2.24, 2.45) is 11.8 Å². The van der Waals surface area contributed by atoms with Crippen LogP contribution in [0.5, 0.6) is 0 Å². The summed E-state index contributed by atoms with van der Waals surface area (Å²) in [5, 5.41) is 19.8. The fourth-order valence-electron chi connectivity index (χ4n) is 3.40. The number of hydrogen-bond donors (Lipinski definition) is 3. The van der Waals surface area contributed by atoms with Crippen LogP contribution in [-0.2, 0) is 5.41 Å². The molecule has 3 rings (SSSR count). The smallest absolute Gasteiger partial charge is 0.270 e. The van der Waals surface area contributed by atoms with Crippen LogP contribution < -0.4 is 0 Å². The van der Waals surface area contributed by atoms with Crippen LogP contribution in [0.25, 0.3) is 10.9 Å². The van der Waals surface area contributed by atoms with Gasteiger partial charge in [0.2, 0.25) is 0 Å². The van der Waals surface area contributed by atoms with Crippen molar-refractivity contribution in [3.63, 3.8) is 0 Å². The predicted octanol–water partition coefficient (Wildman–Crippen LogP) is 2.14. The molecular weight excluding hydrogens is 304 g/mol. The fourth-order valence-corrected chi connectivity index (χ4v) is 3.40. The van der Waals surface area contributed by atoms with Crippen molar-refractivity contribution in [3.05, 3.63) is 35.5 Å². The molecule has 0 aliphatic carbocycles. The molecular formula is C19H26N2O3. The van der Waals surface area contributed by atoms with E-state index in [0.717, 1.165) is 10.9 Å². The highest BCUT2D eigenvalue weighted by atomic mass is 16.3. The molecule has 1 aliphatic heterocycles. The van der Waals surface area contributed by atoms with E-state index in [1.54, 1.807) is 4.90 Å². The quantitative estimate of drug-likeness (QED) is 0.807. The van der Waals surface area contributed by atoms with Gasteiger partial charge >= 0.3 is 0 Å². The number of nitrogens with zero attached hydrogens (tertiary/aromatic N) is 1. The number of carbonyl (C=O) groups excluding carboxylic acids is 1. The molecule has 0 saturated carbocycles. The SMILES string of the molecule is CC(C)(C)c1ccc2[nH]c(C(=O)N3C[C@@H](CO)[C@H](CO)C3)cc2c1. The summed E-state index contributed by atoms with van der Waals surface area (Å²) in [6.45, 7) is 7.48. The van der Waals surface area contributed by atoms with E-state index in [1.807, 2.05) is 12.1 Å². The molecule has 130 valence electrons. The normalized spacial score (nSPS) is 21.6. The molecule has 1 fully saturated rings. The first-order chi connectivity index (χ1) is 11.3. The molecule has 5 nitrogen and oxygen atoms in total. The third kappa shape index (κ3) is 3.06. The van der Waals surface area contributed by atoms with Gasteiger partial charge in [-0.1, -0.05) is 26.8 Å². The van der Waals surface area contributed by atoms with Gasteiger partial charge in [0.05, 0.1) is 0 Å². The Balaban J connectivity index is 1.86. The van der Waals surface area contributed by atoms with E-state index in [1.165, 1.54) is 5.56 Å². The maximum atomic E-state index is 12.8. The second kappa shape index (κ2) is 6.22. The first-order valence-corrected chi connectivity index (χ1v) is 8.47. The van der Waals surface area contributed by atoms with Crippen molar-refractivity contribution in [2.45, 2.75) is 26.2 Å². The number of aromatic amines is 1. The number of H-pyrrole nitrogens is 1. The van der Waals surface area contributed by atoms with Gasteiger partial charge in [0.25, 0.3) is 5.91 Å². The Bertz CT molecular complexity index is 733. The summed E-state index contributed by atoms with van der Waals surface area (Å²) in [7, 11) is 0. The first kappa shape index (κ1) is 17.0. The number of amides is 1. The summed E-state index contributed by atoms with van der Waals surface area (Å²) in [4.78, 5) is 17.7. The molecule has 3 N–H and O–H groups in total. The van der Waals surface area contributed by atoms with E-state index >= 15 is 0 Å². The second-order valence-corrected chi connectivity index (χ2v) is 7.83. The van der Waals surface area contributed by atoms with Crippen molar-refractivity contribution < 1.29 is 15.0 Å². The van der Waals surface area contributed by atoms with Crippen molar-refractivity contribution in [3.8, 4) is 0 Å². The van der Waals surface area contributed by atoms with Crippen LogP contribution in [0.2, 0.25) is 0 Å². The van der Waals surface area contributed by atoms with Gasteiger partial charge in [-0.15, -0.1) is 0 Å². The van der Waals surface area contributed by atoms with Gasteiger partial charge in [-0.2, -0.15) is 0 Å². The highest BCUT2D eigenvalue weighted by Gasteiger charge is 2.35. The zero-order valence-electron chi connectivity index (χ0n) is 14.5. The number of aliphatic hydroxyl groups excluding tert-OH is 2. The minimum absolute atomic E-state index is 0.00332. The maximum absolute atomic E-state index is 12.8. The standard InChI is InChI=1S/C19H26N2O3/c1-19(2,3)15-4-5-16-12(6-15)7-17(20-16)18(24)21-8-13(10-22)14(9-21)11-23/h4-7,13-14,20,22-23H,8-11H2,1-3H3/t13-,14-/m0/s1. The minimum Gasteiger partial charge on any atom is -0.396 e. The molecule has 1 amide bonds. The number of rotatable bonds is 3. The zero-order valence-corrected chi connectivity index (χ0v) is 14.5. The van der Waals surface area contributed by atoms with Gasteiger partial charge in [0.15, 0.2) is 0 Å². The van der Waals surface area contributed by atoms with Crippen molar-refractivity contribution in [1.82, 2.24) is 9.88 Å². The number of nitrogens with one attached hydrogen (secondary N) is 1. The molecule has 0 unspecified atom stereocenters. The molecule has 2 aromatic rings. The lowest BCUT2D eigenvalue weighted by atomic mass is 9.86. The summed E-state index contributed by atoms with van der Waals surface area (Å²) in [6.07, 6.45) is 0. The Kier molecular flexibility index (Phi) is 4.40. The average molecular weight is 330 g/mol. The number of aromatic nitrogens is 1. The fraction of sp³-hybridized carbons (Fsp3) is 0.526. The summed E-state index contributed by atoms with van der Waals surface area (Å²) >= 11 is 0. The van der Waals surface area contributed by atoms with E-state index in [9.17, 15) is 15.0 Å². The van der Waals surface area contributed by atoms with Crippen LogP contribution in [-0.4, -0.2) is 52.3 Å². The van der Waals surface area contributed by atoms with Crippen molar-refractivity contribution >= 4 is 16.8 Å². The summed E-state index contributed by atoms with van der Waals surface area (Å²) in [5.41, 5.74) is 2.80. The zero-order chi connectivity index (χ0) is 17.5. The molecule has 2 atom stereocenters. The topological polar surface area (TPSA) is 76.6 Å². The Hall–Kier alpha value is -1.85. The number of fused-ring (bicyclic) bond motifs is 1. The van der Waals surface area contributed by atoms with Crippen LogP contribution in [0.4, 0.5) is 0 Å². The number of aliphatic hydroxyl groups is 2. The van der Waals surface area contributed by atoms with E-state index in [2.05, 4.69) is 37.9 Å². The lowest BCUT2D eigenvalue weighted by Crippen LogP contribution is -2.29. The Morgan fingerprint density at radius 1 is 1.17 bits per heavy atom. The van der Waals surface area contributed by atoms with Crippen LogP contribution in [0.15, 0.2) is 24.3 Å². The van der Waals surface area contributed by atoms with E-state index in [0.29, 0.717) is 18.8 Å².